The third-order valence-corrected chi connectivity index (χ3v) is 6.43. The quantitative estimate of drug-likeness (QED) is 0.813. The van der Waals surface area contributed by atoms with Crippen molar-refractivity contribution in [2.75, 3.05) is 12.4 Å². The van der Waals surface area contributed by atoms with Gasteiger partial charge in [-0.3, -0.25) is 4.79 Å². The molecule has 1 heterocycles. The average Bonchev–Trinajstić information content (AvgIpc) is 2.91. The Balaban J connectivity index is 1.87. The molecule has 1 aromatic rings. The molecule has 0 bridgehead atoms. The minimum atomic E-state index is -0.146. The summed E-state index contributed by atoms with van der Waals surface area (Å²) in [7, 11) is 1.82. The molecule has 1 fully saturated rings. The van der Waals surface area contributed by atoms with Crippen molar-refractivity contribution in [3.63, 3.8) is 0 Å². The molecule has 1 saturated carbocycles. The number of nitrogens with one attached hydrogen (secondary N) is 2. The molecule has 0 aromatic carbocycles. The van der Waals surface area contributed by atoms with Crippen molar-refractivity contribution in [1.29, 1.82) is 0 Å². The summed E-state index contributed by atoms with van der Waals surface area (Å²) in [5, 5.41) is 14.9. The first-order valence-electron chi connectivity index (χ1n) is 7.49. The maximum atomic E-state index is 12.4. The molecule has 1 amide bonds. The van der Waals surface area contributed by atoms with E-state index in [-0.39, 0.29) is 11.2 Å². The van der Waals surface area contributed by atoms with Crippen LogP contribution in [0.5, 0.6) is 0 Å². The van der Waals surface area contributed by atoms with E-state index in [1.165, 1.54) is 35.9 Å². The van der Waals surface area contributed by atoms with E-state index in [1.807, 2.05) is 14.0 Å². The molecular weight excluding hydrogens is 304 g/mol. The largest absolute Gasteiger partial charge is 0.363 e. The number of aromatic nitrogens is 2. The fourth-order valence-electron chi connectivity index (χ4n) is 2.65. The SMILES string of the molecule is CNc1nnc(S[C@H](C)C(=O)N[C@H]2CCC[C@H](C)[C@H]2C)s1. The second-order valence-electron chi connectivity index (χ2n) is 5.77. The van der Waals surface area contributed by atoms with Gasteiger partial charge in [-0.1, -0.05) is 49.8 Å². The number of carbonyl (C=O) groups is 1. The highest BCUT2D eigenvalue weighted by Crippen LogP contribution is 2.31. The lowest BCUT2D eigenvalue weighted by Gasteiger charge is -2.35. The van der Waals surface area contributed by atoms with Gasteiger partial charge in [0.15, 0.2) is 4.34 Å². The standard InChI is InChI=1S/C14H24N4OS2/c1-8-6-5-7-11(9(8)2)16-12(19)10(3)20-14-18-17-13(15-4)21-14/h8-11H,5-7H2,1-4H3,(H,15,17)(H,16,19)/t8-,9+,10+,11-/m0/s1. The number of anilines is 1. The van der Waals surface area contributed by atoms with E-state index in [2.05, 4.69) is 34.7 Å². The van der Waals surface area contributed by atoms with Crippen molar-refractivity contribution < 1.29 is 4.79 Å². The zero-order valence-electron chi connectivity index (χ0n) is 13.0. The summed E-state index contributed by atoms with van der Waals surface area (Å²) in [5.74, 6) is 1.35. The minimum Gasteiger partial charge on any atom is -0.363 e. The molecular formula is C14H24N4OS2. The molecule has 4 atom stereocenters. The number of amides is 1. The number of hydrogen-bond acceptors (Lipinski definition) is 6. The van der Waals surface area contributed by atoms with Crippen molar-refractivity contribution >= 4 is 34.1 Å². The van der Waals surface area contributed by atoms with E-state index in [9.17, 15) is 4.79 Å². The normalized spacial score (nSPS) is 27.1. The van der Waals surface area contributed by atoms with Crippen LogP contribution in [-0.2, 0) is 4.79 Å². The molecule has 1 aliphatic carbocycles. The molecule has 7 heteroatoms. The average molecular weight is 329 g/mol. The summed E-state index contributed by atoms with van der Waals surface area (Å²) in [5.41, 5.74) is 0. The topological polar surface area (TPSA) is 66.9 Å². The Morgan fingerprint density at radius 1 is 1.38 bits per heavy atom. The lowest BCUT2D eigenvalue weighted by Crippen LogP contribution is -2.46. The highest BCUT2D eigenvalue weighted by atomic mass is 32.2. The number of hydrogen-bond donors (Lipinski definition) is 2. The van der Waals surface area contributed by atoms with E-state index in [0.29, 0.717) is 17.9 Å². The summed E-state index contributed by atoms with van der Waals surface area (Å²) < 4.78 is 0.826. The molecule has 1 aliphatic rings. The molecule has 21 heavy (non-hydrogen) atoms. The number of rotatable bonds is 5. The molecule has 0 radical (unpaired) electrons. The molecule has 0 saturated heterocycles. The zero-order valence-corrected chi connectivity index (χ0v) is 14.7. The van der Waals surface area contributed by atoms with Gasteiger partial charge >= 0.3 is 0 Å². The van der Waals surface area contributed by atoms with Crippen molar-refractivity contribution in [2.24, 2.45) is 11.8 Å². The molecule has 2 rings (SSSR count). The third kappa shape index (κ3) is 4.32. The van der Waals surface area contributed by atoms with E-state index in [1.54, 1.807) is 0 Å². The van der Waals surface area contributed by atoms with Crippen LogP contribution in [-0.4, -0.2) is 34.4 Å². The van der Waals surface area contributed by atoms with Gasteiger partial charge in [-0.2, -0.15) is 0 Å². The molecule has 1 aromatic heterocycles. The Kier molecular flexibility index (Phi) is 5.87. The van der Waals surface area contributed by atoms with Crippen LogP contribution >= 0.6 is 23.1 Å². The van der Waals surface area contributed by atoms with E-state index >= 15 is 0 Å². The van der Waals surface area contributed by atoms with Gasteiger partial charge in [0, 0.05) is 13.1 Å². The molecule has 118 valence electrons. The highest BCUT2D eigenvalue weighted by molar-refractivity contribution is 8.02. The van der Waals surface area contributed by atoms with Crippen molar-refractivity contribution in [3.05, 3.63) is 0 Å². The van der Waals surface area contributed by atoms with Crippen molar-refractivity contribution in [1.82, 2.24) is 15.5 Å². The van der Waals surface area contributed by atoms with Gasteiger partial charge in [-0.05, 0) is 25.2 Å². The number of thioether (sulfide) groups is 1. The minimum absolute atomic E-state index is 0.104. The molecule has 0 spiro atoms. The Hall–Kier alpha value is -0.820. The second kappa shape index (κ2) is 7.45. The summed E-state index contributed by atoms with van der Waals surface area (Å²) in [4.78, 5) is 12.4. The number of carbonyl (C=O) groups excluding carboxylic acids is 1. The lowest BCUT2D eigenvalue weighted by molar-refractivity contribution is -0.121. The van der Waals surface area contributed by atoms with Gasteiger partial charge in [0.05, 0.1) is 5.25 Å². The van der Waals surface area contributed by atoms with Crippen LogP contribution in [0.3, 0.4) is 0 Å². The van der Waals surface area contributed by atoms with Crippen molar-refractivity contribution in [3.8, 4) is 0 Å². The van der Waals surface area contributed by atoms with Gasteiger partial charge in [0.25, 0.3) is 0 Å². The summed E-state index contributed by atoms with van der Waals surface area (Å²) in [6.45, 7) is 6.45. The van der Waals surface area contributed by atoms with Crippen LogP contribution in [0.1, 0.15) is 40.0 Å². The smallest absolute Gasteiger partial charge is 0.233 e. The van der Waals surface area contributed by atoms with Gasteiger partial charge in [0.1, 0.15) is 0 Å². The fraction of sp³-hybridized carbons (Fsp3) is 0.786. The van der Waals surface area contributed by atoms with E-state index in [0.717, 1.165) is 15.9 Å². The predicted molar refractivity (Wildman–Crippen MR) is 88.9 cm³/mol. The van der Waals surface area contributed by atoms with E-state index in [4.69, 9.17) is 0 Å². The summed E-state index contributed by atoms with van der Waals surface area (Å²) >= 11 is 2.95. The predicted octanol–water partition coefficient (Wildman–Crippen LogP) is 3.00. The van der Waals surface area contributed by atoms with E-state index < -0.39 is 0 Å². The zero-order chi connectivity index (χ0) is 15.4. The molecule has 5 nitrogen and oxygen atoms in total. The second-order valence-corrected chi connectivity index (χ2v) is 8.33. The van der Waals surface area contributed by atoms with Gasteiger partial charge in [-0.15, -0.1) is 10.2 Å². The Labute approximate surface area is 134 Å². The Morgan fingerprint density at radius 2 is 2.14 bits per heavy atom. The highest BCUT2D eigenvalue weighted by Gasteiger charge is 2.29. The summed E-state index contributed by atoms with van der Waals surface area (Å²) in [6, 6.07) is 0.312. The first kappa shape index (κ1) is 16.5. The van der Waals surface area contributed by atoms with Crippen LogP contribution in [0.15, 0.2) is 4.34 Å². The van der Waals surface area contributed by atoms with Gasteiger partial charge < -0.3 is 10.6 Å². The maximum absolute atomic E-state index is 12.4. The number of nitrogens with zero attached hydrogens (tertiary/aromatic N) is 2. The maximum Gasteiger partial charge on any atom is 0.233 e. The summed E-state index contributed by atoms with van der Waals surface area (Å²) in [6.07, 6.45) is 3.58. The third-order valence-electron chi connectivity index (χ3n) is 4.30. The van der Waals surface area contributed by atoms with Crippen LogP contribution in [0, 0.1) is 11.8 Å². The van der Waals surface area contributed by atoms with Crippen molar-refractivity contribution in [2.45, 2.75) is 55.7 Å². The monoisotopic (exact) mass is 328 g/mol. The van der Waals surface area contributed by atoms with Gasteiger partial charge in [0.2, 0.25) is 11.0 Å². The van der Waals surface area contributed by atoms with Crippen LogP contribution in [0.2, 0.25) is 0 Å². The molecule has 0 aliphatic heterocycles. The molecule has 2 N–H and O–H groups in total. The van der Waals surface area contributed by atoms with Crippen LogP contribution in [0.25, 0.3) is 0 Å². The van der Waals surface area contributed by atoms with Gasteiger partial charge in [-0.25, -0.2) is 0 Å². The molecule has 0 unspecified atom stereocenters. The Bertz CT molecular complexity index is 479. The first-order valence-corrected chi connectivity index (χ1v) is 9.19. The Morgan fingerprint density at radius 3 is 2.81 bits per heavy atom. The fourth-order valence-corrected chi connectivity index (χ4v) is 4.51. The van der Waals surface area contributed by atoms with Crippen LogP contribution < -0.4 is 10.6 Å². The van der Waals surface area contributed by atoms with Crippen LogP contribution in [0.4, 0.5) is 5.13 Å². The first-order chi connectivity index (χ1) is 10.0. The lowest BCUT2D eigenvalue weighted by atomic mass is 9.78.